The van der Waals surface area contributed by atoms with Crippen molar-refractivity contribution in [3.8, 4) is 0 Å². The molecule has 21 heavy (non-hydrogen) atoms. The lowest BCUT2D eigenvalue weighted by molar-refractivity contribution is 0.0526. The van der Waals surface area contributed by atoms with Crippen LogP contribution in [0, 0.1) is 5.92 Å². The maximum atomic E-state index is 11.7. The topological polar surface area (TPSA) is 64.8 Å². The number of carbonyl (C=O) groups excluding carboxylic acids is 1. The van der Waals surface area contributed by atoms with Crippen LogP contribution in [-0.4, -0.2) is 39.4 Å². The molecule has 118 valence electrons. The third-order valence-corrected chi connectivity index (χ3v) is 3.03. The lowest BCUT2D eigenvalue weighted by Gasteiger charge is -2.27. The van der Waals surface area contributed by atoms with Crippen LogP contribution >= 0.6 is 0 Å². The predicted molar refractivity (Wildman–Crippen MR) is 85.7 cm³/mol. The number of anilines is 2. The summed E-state index contributed by atoms with van der Waals surface area (Å²) in [4.78, 5) is 13.9. The summed E-state index contributed by atoms with van der Waals surface area (Å²) in [6, 6.07) is 5.30. The number of hydrogen-bond acceptors (Lipinski definition) is 5. The molecule has 0 saturated carbocycles. The highest BCUT2D eigenvalue weighted by molar-refractivity contribution is 5.92. The Bertz CT molecular complexity index is 461. The van der Waals surface area contributed by atoms with Gasteiger partial charge < -0.3 is 20.1 Å². The van der Waals surface area contributed by atoms with Gasteiger partial charge in [0.1, 0.15) is 0 Å². The lowest BCUT2D eigenvalue weighted by Crippen LogP contribution is -2.31. The number of esters is 1. The highest BCUT2D eigenvalue weighted by atomic mass is 16.5. The molecule has 0 aliphatic carbocycles. The fourth-order valence-electron chi connectivity index (χ4n) is 2.14. The van der Waals surface area contributed by atoms with E-state index in [4.69, 9.17) is 15.2 Å². The molecule has 0 amide bonds. The van der Waals surface area contributed by atoms with E-state index in [1.54, 1.807) is 26.2 Å². The molecule has 0 heterocycles. The smallest absolute Gasteiger partial charge is 0.338 e. The predicted octanol–water partition coefficient (Wildman–Crippen LogP) is 2.55. The summed E-state index contributed by atoms with van der Waals surface area (Å²) in [5.41, 5.74) is 8.10. The van der Waals surface area contributed by atoms with Crippen molar-refractivity contribution in [1.82, 2.24) is 0 Å². The molecule has 0 spiro atoms. The van der Waals surface area contributed by atoms with Crippen molar-refractivity contribution in [3.05, 3.63) is 23.8 Å². The van der Waals surface area contributed by atoms with Crippen LogP contribution in [0.5, 0.6) is 0 Å². The van der Waals surface area contributed by atoms with Gasteiger partial charge in [0, 0.05) is 20.2 Å². The molecule has 0 aromatic heterocycles. The minimum atomic E-state index is -0.344. The van der Waals surface area contributed by atoms with Gasteiger partial charge in [-0.25, -0.2) is 4.79 Å². The maximum absolute atomic E-state index is 11.7. The molecule has 2 N–H and O–H groups in total. The SMILES string of the molecule is CCOC(=O)c1ccc(N(CCOC)CC(C)C)c(N)c1. The molecule has 0 aliphatic rings. The number of benzene rings is 1. The zero-order chi connectivity index (χ0) is 15.8. The summed E-state index contributed by atoms with van der Waals surface area (Å²) < 4.78 is 10.1. The van der Waals surface area contributed by atoms with E-state index in [0.29, 0.717) is 30.4 Å². The third kappa shape index (κ3) is 5.27. The molecule has 0 radical (unpaired) electrons. The highest BCUT2D eigenvalue weighted by Crippen LogP contribution is 2.25. The summed E-state index contributed by atoms with van der Waals surface area (Å²) in [6.07, 6.45) is 0. The summed E-state index contributed by atoms with van der Waals surface area (Å²) in [6.45, 7) is 8.72. The van der Waals surface area contributed by atoms with Crippen LogP contribution in [0.1, 0.15) is 31.1 Å². The minimum absolute atomic E-state index is 0.344. The van der Waals surface area contributed by atoms with E-state index in [9.17, 15) is 4.79 Å². The Balaban J connectivity index is 2.95. The van der Waals surface area contributed by atoms with Crippen LogP contribution in [0.3, 0.4) is 0 Å². The molecule has 0 unspecified atom stereocenters. The normalized spacial score (nSPS) is 10.7. The van der Waals surface area contributed by atoms with Gasteiger partial charge >= 0.3 is 5.97 Å². The van der Waals surface area contributed by atoms with Gasteiger partial charge in [0.25, 0.3) is 0 Å². The molecule has 5 nitrogen and oxygen atoms in total. The zero-order valence-corrected chi connectivity index (χ0v) is 13.4. The largest absolute Gasteiger partial charge is 0.462 e. The third-order valence-electron chi connectivity index (χ3n) is 3.03. The molecular formula is C16H26N2O3. The minimum Gasteiger partial charge on any atom is -0.462 e. The number of hydrogen-bond donors (Lipinski definition) is 1. The van der Waals surface area contributed by atoms with E-state index >= 15 is 0 Å². The van der Waals surface area contributed by atoms with Crippen LogP contribution < -0.4 is 10.6 Å². The van der Waals surface area contributed by atoms with Crippen molar-refractivity contribution in [2.75, 3.05) is 44.0 Å². The summed E-state index contributed by atoms with van der Waals surface area (Å²) in [7, 11) is 1.68. The van der Waals surface area contributed by atoms with Crippen LogP contribution in [0.2, 0.25) is 0 Å². The van der Waals surface area contributed by atoms with E-state index in [1.165, 1.54) is 0 Å². The van der Waals surface area contributed by atoms with Crippen molar-refractivity contribution in [2.24, 2.45) is 5.92 Å². The number of nitrogen functional groups attached to an aromatic ring is 1. The van der Waals surface area contributed by atoms with Crippen LogP contribution in [0.15, 0.2) is 18.2 Å². The van der Waals surface area contributed by atoms with Crippen molar-refractivity contribution >= 4 is 17.3 Å². The summed E-state index contributed by atoms with van der Waals surface area (Å²) in [5.74, 6) is 0.161. The first kappa shape index (κ1) is 17.3. The highest BCUT2D eigenvalue weighted by Gasteiger charge is 2.14. The molecule has 1 aromatic carbocycles. The van der Waals surface area contributed by atoms with Gasteiger partial charge in [-0.2, -0.15) is 0 Å². The molecule has 5 heteroatoms. The van der Waals surface area contributed by atoms with Crippen molar-refractivity contribution in [3.63, 3.8) is 0 Å². The second-order valence-corrected chi connectivity index (χ2v) is 5.33. The quantitative estimate of drug-likeness (QED) is 0.589. The van der Waals surface area contributed by atoms with Crippen molar-refractivity contribution in [1.29, 1.82) is 0 Å². The first-order valence-corrected chi connectivity index (χ1v) is 7.30. The molecule has 1 aromatic rings. The average Bonchev–Trinajstić information content (AvgIpc) is 2.43. The molecule has 0 atom stereocenters. The Kier molecular flexibility index (Phi) is 7.02. The Labute approximate surface area is 127 Å². The Hall–Kier alpha value is -1.75. The Morgan fingerprint density at radius 2 is 2.10 bits per heavy atom. The van der Waals surface area contributed by atoms with Crippen LogP contribution in [0.4, 0.5) is 11.4 Å². The molecule has 0 aliphatic heterocycles. The standard InChI is InChI=1S/C16H26N2O3/c1-5-21-16(19)13-6-7-15(14(17)10-13)18(8-9-20-4)11-12(2)3/h6-7,10,12H,5,8-9,11,17H2,1-4H3. The fourth-order valence-corrected chi connectivity index (χ4v) is 2.14. The van der Waals surface area contributed by atoms with Gasteiger partial charge in [-0.1, -0.05) is 13.8 Å². The van der Waals surface area contributed by atoms with Gasteiger partial charge in [0.05, 0.1) is 30.2 Å². The van der Waals surface area contributed by atoms with E-state index in [-0.39, 0.29) is 5.97 Å². The van der Waals surface area contributed by atoms with Crippen molar-refractivity contribution < 1.29 is 14.3 Å². The maximum Gasteiger partial charge on any atom is 0.338 e. The van der Waals surface area contributed by atoms with E-state index < -0.39 is 0 Å². The second kappa shape index (κ2) is 8.52. The number of ether oxygens (including phenoxy) is 2. The first-order chi connectivity index (χ1) is 9.99. The van der Waals surface area contributed by atoms with Gasteiger partial charge in [0.2, 0.25) is 0 Å². The number of nitrogens with zero attached hydrogens (tertiary/aromatic N) is 1. The van der Waals surface area contributed by atoms with Gasteiger partial charge in [0.15, 0.2) is 0 Å². The van der Waals surface area contributed by atoms with Gasteiger partial charge in [-0.3, -0.25) is 0 Å². The Morgan fingerprint density at radius 1 is 1.38 bits per heavy atom. The average molecular weight is 294 g/mol. The fraction of sp³-hybridized carbons (Fsp3) is 0.562. The number of nitrogens with two attached hydrogens (primary N) is 1. The Morgan fingerprint density at radius 3 is 2.62 bits per heavy atom. The number of carbonyl (C=O) groups is 1. The lowest BCUT2D eigenvalue weighted by atomic mass is 10.1. The molecular weight excluding hydrogens is 268 g/mol. The van der Waals surface area contributed by atoms with E-state index in [1.807, 2.05) is 6.07 Å². The first-order valence-electron chi connectivity index (χ1n) is 7.30. The van der Waals surface area contributed by atoms with E-state index in [0.717, 1.165) is 18.8 Å². The van der Waals surface area contributed by atoms with Crippen LogP contribution in [-0.2, 0) is 9.47 Å². The number of methoxy groups -OCH3 is 1. The summed E-state index contributed by atoms with van der Waals surface area (Å²) in [5, 5.41) is 0. The second-order valence-electron chi connectivity index (χ2n) is 5.33. The van der Waals surface area contributed by atoms with E-state index in [2.05, 4.69) is 18.7 Å². The molecule has 0 bridgehead atoms. The van der Waals surface area contributed by atoms with Crippen LogP contribution in [0.25, 0.3) is 0 Å². The molecule has 0 fully saturated rings. The zero-order valence-electron chi connectivity index (χ0n) is 13.4. The molecule has 1 rings (SSSR count). The van der Waals surface area contributed by atoms with Gasteiger partial charge in [-0.05, 0) is 31.0 Å². The van der Waals surface area contributed by atoms with Gasteiger partial charge in [-0.15, -0.1) is 0 Å². The summed E-state index contributed by atoms with van der Waals surface area (Å²) >= 11 is 0. The monoisotopic (exact) mass is 294 g/mol. The van der Waals surface area contributed by atoms with Crippen molar-refractivity contribution in [2.45, 2.75) is 20.8 Å². The number of rotatable bonds is 8. The molecule has 0 saturated heterocycles.